The molecule has 0 radical (unpaired) electrons. The molecular formula is C17H19IN4O2. The highest BCUT2D eigenvalue weighted by Gasteiger charge is 2.29. The standard InChI is InChI=1S/C17H19IN4O2/c1-21(2)15-9-19-10-16(20-15)24-12-7-8-22(11-12)17(23)13-5-3-4-6-14(13)18/h3-6,9-10,12H,7-8,11H2,1-2H3. The molecule has 1 saturated heterocycles. The molecule has 1 aliphatic heterocycles. The number of aromatic nitrogens is 2. The topological polar surface area (TPSA) is 58.6 Å². The van der Waals surface area contributed by atoms with E-state index in [0.717, 1.165) is 21.4 Å². The van der Waals surface area contributed by atoms with E-state index in [4.69, 9.17) is 4.74 Å². The minimum absolute atomic E-state index is 0.0537. The Labute approximate surface area is 155 Å². The van der Waals surface area contributed by atoms with Crippen LogP contribution in [0.3, 0.4) is 0 Å². The molecule has 3 rings (SSSR count). The lowest BCUT2D eigenvalue weighted by Gasteiger charge is -2.18. The molecule has 0 bridgehead atoms. The van der Waals surface area contributed by atoms with E-state index in [1.165, 1.54) is 0 Å². The highest BCUT2D eigenvalue weighted by atomic mass is 127. The molecule has 1 aromatic carbocycles. The van der Waals surface area contributed by atoms with E-state index < -0.39 is 0 Å². The molecule has 1 aromatic heterocycles. The minimum atomic E-state index is -0.0537. The van der Waals surface area contributed by atoms with E-state index in [-0.39, 0.29) is 12.0 Å². The number of benzene rings is 1. The maximum absolute atomic E-state index is 12.6. The summed E-state index contributed by atoms with van der Waals surface area (Å²) in [6.45, 7) is 1.26. The van der Waals surface area contributed by atoms with Crippen molar-refractivity contribution in [2.24, 2.45) is 0 Å². The van der Waals surface area contributed by atoms with Gasteiger partial charge in [-0.3, -0.25) is 9.78 Å². The summed E-state index contributed by atoms with van der Waals surface area (Å²) >= 11 is 2.19. The van der Waals surface area contributed by atoms with E-state index >= 15 is 0 Å². The molecule has 1 amide bonds. The maximum Gasteiger partial charge on any atom is 0.255 e. The number of carbonyl (C=O) groups is 1. The largest absolute Gasteiger partial charge is 0.471 e. The summed E-state index contributed by atoms with van der Waals surface area (Å²) in [5.41, 5.74) is 0.744. The normalized spacial score (nSPS) is 17.0. The SMILES string of the molecule is CN(C)c1cncc(OC2CCN(C(=O)c3ccccc3I)C2)n1. The Kier molecular flexibility index (Phi) is 5.17. The summed E-state index contributed by atoms with van der Waals surface area (Å²) < 4.78 is 6.88. The van der Waals surface area contributed by atoms with Crippen LogP contribution in [0.25, 0.3) is 0 Å². The number of halogens is 1. The van der Waals surface area contributed by atoms with Gasteiger partial charge in [0.15, 0.2) is 5.82 Å². The van der Waals surface area contributed by atoms with Crippen molar-refractivity contribution in [3.63, 3.8) is 0 Å². The Morgan fingerprint density at radius 2 is 2.12 bits per heavy atom. The Hall–Kier alpha value is -1.90. The van der Waals surface area contributed by atoms with Crippen LogP contribution in [-0.2, 0) is 0 Å². The number of rotatable bonds is 4. The van der Waals surface area contributed by atoms with E-state index in [1.807, 2.05) is 48.2 Å². The average Bonchev–Trinajstić information content (AvgIpc) is 3.03. The van der Waals surface area contributed by atoms with Crippen molar-refractivity contribution in [2.75, 3.05) is 32.1 Å². The van der Waals surface area contributed by atoms with Crippen molar-refractivity contribution in [3.8, 4) is 5.88 Å². The smallest absolute Gasteiger partial charge is 0.255 e. The highest BCUT2D eigenvalue weighted by Crippen LogP contribution is 2.21. The molecule has 0 spiro atoms. The molecule has 1 atom stereocenters. The van der Waals surface area contributed by atoms with Gasteiger partial charge < -0.3 is 14.5 Å². The average molecular weight is 438 g/mol. The molecule has 0 aliphatic carbocycles. The van der Waals surface area contributed by atoms with Gasteiger partial charge in [0.25, 0.3) is 5.91 Å². The van der Waals surface area contributed by atoms with Gasteiger partial charge in [-0.15, -0.1) is 0 Å². The first-order valence-corrected chi connectivity index (χ1v) is 8.82. The van der Waals surface area contributed by atoms with Crippen molar-refractivity contribution >= 4 is 34.3 Å². The lowest BCUT2D eigenvalue weighted by molar-refractivity contribution is 0.0770. The lowest BCUT2D eigenvalue weighted by Crippen LogP contribution is -2.31. The summed E-state index contributed by atoms with van der Waals surface area (Å²) in [6, 6.07) is 7.64. The Morgan fingerprint density at radius 3 is 2.88 bits per heavy atom. The third kappa shape index (κ3) is 3.77. The Morgan fingerprint density at radius 1 is 1.33 bits per heavy atom. The van der Waals surface area contributed by atoms with Crippen LogP contribution in [0.2, 0.25) is 0 Å². The first-order valence-electron chi connectivity index (χ1n) is 7.74. The number of hydrogen-bond acceptors (Lipinski definition) is 5. The van der Waals surface area contributed by atoms with Crippen LogP contribution in [0.15, 0.2) is 36.7 Å². The fourth-order valence-corrected chi connectivity index (χ4v) is 3.21. The van der Waals surface area contributed by atoms with Gasteiger partial charge in [-0.05, 0) is 34.7 Å². The van der Waals surface area contributed by atoms with E-state index in [2.05, 4.69) is 32.6 Å². The van der Waals surface area contributed by atoms with E-state index in [1.54, 1.807) is 12.4 Å². The highest BCUT2D eigenvalue weighted by molar-refractivity contribution is 14.1. The number of ether oxygens (including phenoxy) is 1. The molecule has 7 heteroatoms. The van der Waals surface area contributed by atoms with Crippen LogP contribution in [0, 0.1) is 3.57 Å². The number of hydrogen-bond donors (Lipinski definition) is 0. The van der Waals surface area contributed by atoms with Gasteiger partial charge in [-0.2, -0.15) is 4.98 Å². The van der Waals surface area contributed by atoms with E-state index in [0.29, 0.717) is 19.0 Å². The zero-order chi connectivity index (χ0) is 17.1. The number of carbonyl (C=O) groups excluding carboxylic acids is 1. The monoisotopic (exact) mass is 438 g/mol. The molecule has 2 heterocycles. The number of nitrogens with zero attached hydrogens (tertiary/aromatic N) is 4. The first kappa shape index (κ1) is 16.9. The van der Waals surface area contributed by atoms with Crippen LogP contribution >= 0.6 is 22.6 Å². The number of likely N-dealkylation sites (tertiary alicyclic amines) is 1. The summed E-state index contributed by atoms with van der Waals surface area (Å²) in [5.74, 6) is 1.30. The first-order chi connectivity index (χ1) is 11.5. The second-order valence-corrected chi connectivity index (χ2v) is 7.03. The predicted molar refractivity (Wildman–Crippen MR) is 100 cm³/mol. The minimum Gasteiger partial charge on any atom is -0.471 e. The van der Waals surface area contributed by atoms with Gasteiger partial charge in [0.1, 0.15) is 6.10 Å². The summed E-state index contributed by atoms with van der Waals surface area (Å²) in [7, 11) is 3.82. The molecular weight excluding hydrogens is 419 g/mol. The van der Waals surface area contributed by atoms with Gasteiger partial charge in [0, 0.05) is 30.6 Å². The second kappa shape index (κ2) is 7.33. The van der Waals surface area contributed by atoms with Crippen molar-refractivity contribution < 1.29 is 9.53 Å². The second-order valence-electron chi connectivity index (χ2n) is 5.87. The molecule has 1 unspecified atom stereocenters. The number of amides is 1. The molecule has 1 aliphatic rings. The fraction of sp³-hybridized carbons (Fsp3) is 0.353. The van der Waals surface area contributed by atoms with Crippen molar-refractivity contribution in [1.29, 1.82) is 0 Å². The summed E-state index contributed by atoms with van der Waals surface area (Å²) in [6.07, 6.45) is 4.04. The summed E-state index contributed by atoms with van der Waals surface area (Å²) in [5, 5.41) is 0. The van der Waals surface area contributed by atoms with Gasteiger partial charge in [0.2, 0.25) is 5.88 Å². The third-order valence-electron chi connectivity index (χ3n) is 3.88. The van der Waals surface area contributed by atoms with Crippen LogP contribution in [0.4, 0.5) is 5.82 Å². The molecule has 1 fully saturated rings. The quantitative estimate of drug-likeness (QED) is 0.687. The van der Waals surface area contributed by atoms with Crippen molar-refractivity contribution in [1.82, 2.24) is 14.9 Å². The maximum atomic E-state index is 12.6. The van der Waals surface area contributed by atoms with E-state index in [9.17, 15) is 4.79 Å². The lowest BCUT2D eigenvalue weighted by atomic mass is 10.2. The summed E-state index contributed by atoms with van der Waals surface area (Å²) in [4.78, 5) is 24.9. The van der Waals surface area contributed by atoms with Crippen LogP contribution in [0.1, 0.15) is 16.8 Å². The van der Waals surface area contributed by atoms with Crippen LogP contribution in [-0.4, -0.2) is 54.1 Å². The van der Waals surface area contributed by atoms with Gasteiger partial charge in [-0.1, -0.05) is 12.1 Å². The van der Waals surface area contributed by atoms with Gasteiger partial charge in [-0.25, -0.2) is 0 Å². The number of anilines is 1. The van der Waals surface area contributed by atoms with Crippen LogP contribution in [0.5, 0.6) is 5.88 Å². The third-order valence-corrected chi connectivity index (χ3v) is 4.82. The fourth-order valence-electron chi connectivity index (χ4n) is 2.60. The zero-order valence-electron chi connectivity index (χ0n) is 13.6. The zero-order valence-corrected chi connectivity index (χ0v) is 15.8. The van der Waals surface area contributed by atoms with Gasteiger partial charge >= 0.3 is 0 Å². The molecule has 2 aromatic rings. The predicted octanol–water partition coefficient (Wildman–Crippen LogP) is 2.44. The Bertz CT molecular complexity index is 738. The molecule has 0 saturated carbocycles. The van der Waals surface area contributed by atoms with Gasteiger partial charge in [0.05, 0.1) is 24.5 Å². The molecule has 126 valence electrons. The molecule has 6 nitrogen and oxygen atoms in total. The molecule has 24 heavy (non-hydrogen) atoms. The van der Waals surface area contributed by atoms with Crippen molar-refractivity contribution in [2.45, 2.75) is 12.5 Å². The van der Waals surface area contributed by atoms with Crippen LogP contribution < -0.4 is 9.64 Å². The Balaban J connectivity index is 1.64. The molecule has 0 N–H and O–H groups in total. The van der Waals surface area contributed by atoms with Crippen molar-refractivity contribution in [3.05, 3.63) is 45.8 Å².